The van der Waals surface area contributed by atoms with E-state index in [2.05, 4.69) is 20.0 Å². The number of hydrogen-bond acceptors (Lipinski definition) is 8. The van der Waals surface area contributed by atoms with Crippen LogP contribution in [0.25, 0.3) is 11.6 Å². The van der Waals surface area contributed by atoms with Crippen molar-refractivity contribution in [2.24, 2.45) is 0 Å². The van der Waals surface area contributed by atoms with Crippen LogP contribution in [0.5, 0.6) is 0 Å². The molecule has 3 rings (SSSR count). The van der Waals surface area contributed by atoms with Crippen molar-refractivity contribution in [3.63, 3.8) is 0 Å². The molecule has 9 heteroatoms. The standard InChI is InChI=1S/C17H15N3O6/c1-23-16(21)13-10-25-15(20-13)12-9-24-14(19-12)7-18-17(22)26-8-11-5-3-2-4-6-11/h2-6,9-10H,7-8H2,1H3,(H,18,22). The number of amides is 1. The molecule has 0 aliphatic rings. The van der Waals surface area contributed by atoms with Gasteiger partial charge in [0.05, 0.1) is 13.7 Å². The average molecular weight is 357 g/mol. The largest absolute Gasteiger partial charge is 0.464 e. The van der Waals surface area contributed by atoms with E-state index in [1.165, 1.54) is 13.4 Å². The molecule has 0 radical (unpaired) electrons. The third-order valence-electron chi connectivity index (χ3n) is 3.27. The number of aromatic nitrogens is 2. The maximum absolute atomic E-state index is 11.7. The second kappa shape index (κ2) is 7.97. The van der Waals surface area contributed by atoms with Crippen LogP contribution in [0.1, 0.15) is 21.9 Å². The maximum atomic E-state index is 11.7. The molecule has 2 aromatic heterocycles. The van der Waals surface area contributed by atoms with E-state index in [9.17, 15) is 9.59 Å². The molecule has 0 spiro atoms. The maximum Gasteiger partial charge on any atom is 0.407 e. The van der Waals surface area contributed by atoms with E-state index in [0.717, 1.165) is 11.8 Å². The minimum Gasteiger partial charge on any atom is -0.464 e. The van der Waals surface area contributed by atoms with Crippen LogP contribution >= 0.6 is 0 Å². The Hall–Kier alpha value is -3.62. The number of hydrogen-bond donors (Lipinski definition) is 1. The zero-order chi connectivity index (χ0) is 18.4. The van der Waals surface area contributed by atoms with E-state index in [1.807, 2.05) is 30.3 Å². The van der Waals surface area contributed by atoms with Crippen LogP contribution in [-0.4, -0.2) is 29.1 Å². The highest BCUT2D eigenvalue weighted by Gasteiger charge is 2.17. The number of esters is 1. The molecule has 0 bridgehead atoms. The summed E-state index contributed by atoms with van der Waals surface area (Å²) in [6.45, 7) is 0.189. The number of methoxy groups -OCH3 is 1. The zero-order valence-corrected chi connectivity index (χ0v) is 13.8. The van der Waals surface area contributed by atoms with Gasteiger partial charge in [-0.05, 0) is 5.56 Å². The third-order valence-corrected chi connectivity index (χ3v) is 3.27. The highest BCUT2D eigenvalue weighted by atomic mass is 16.5. The second-order valence-corrected chi connectivity index (χ2v) is 5.07. The Labute approximate surface area is 147 Å². The van der Waals surface area contributed by atoms with Crippen LogP contribution < -0.4 is 5.32 Å². The van der Waals surface area contributed by atoms with Crippen molar-refractivity contribution in [2.45, 2.75) is 13.2 Å². The lowest BCUT2D eigenvalue weighted by Gasteiger charge is -2.05. The summed E-state index contributed by atoms with van der Waals surface area (Å²) in [6, 6.07) is 9.31. The number of ether oxygens (including phenoxy) is 2. The first kappa shape index (κ1) is 17.2. The fourth-order valence-corrected chi connectivity index (χ4v) is 2.00. The number of benzene rings is 1. The smallest absolute Gasteiger partial charge is 0.407 e. The SMILES string of the molecule is COC(=O)c1coc(-c2coc(CNC(=O)OCc3ccccc3)n2)n1. The minimum absolute atomic E-state index is 0.0228. The zero-order valence-electron chi connectivity index (χ0n) is 13.8. The first-order chi connectivity index (χ1) is 12.7. The van der Waals surface area contributed by atoms with Crippen molar-refractivity contribution in [1.29, 1.82) is 0 Å². The fourth-order valence-electron chi connectivity index (χ4n) is 2.00. The number of rotatable bonds is 6. The monoisotopic (exact) mass is 357 g/mol. The van der Waals surface area contributed by atoms with E-state index in [0.29, 0.717) is 0 Å². The number of nitrogens with one attached hydrogen (secondary N) is 1. The Morgan fingerprint density at radius 1 is 1.12 bits per heavy atom. The molecular weight excluding hydrogens is 342 g/mol. The molecule has 0 aliphatic carbocycles. The minimum atomic E-state index is -0.619. The molecule has 2 heterocycles. The summed E-state index contributed by atoms with van der Waals surface area (Å²) in [7, 11) is 1.24. The summed E-state index contributed by atoms with van der Waals surface area (Å²) < 4.78 is 20.0. The molecule has 1 N–H and O–H groups in total. The molecular formula is C17H15N3O6. The quantitative estimate of drug-likeness (QED) is 0.669. The van der Waals surface area contributed by atoms with Gasteiger partial charge in [-0.25, -0.2) is 19.6 Å². The highest BCUT2D eigenvalue weighted by Crippen LogP contribution is 2.18. The van der Waals surface area contributed by atoms with Crippen molar-refractivity contribution in [1.82, 2.24) is 15.3 Å². The molecule has 0 saturated heterocycles. The molecule has 0 fully saturated rings. The molecule has 1 aromatic carbocycles. The van der Waals surface area contributed by atoms with Crippen LogP contribution in [0.15, 0.2) is 51.7 Å². The van der Waals surface area contributed by atoms with Gasteiger partial charge in [-0.2, -0.15) is 0 Å². The van der Waals surface area contributed by atoms with Gasteiger partial charge in [0, 0.05) is 0 Å². The molecule has 26 heavy (non-hydrogen) atoms. The van der Waals surface area contributed by atoms with Crippen LogP contribution in [-0.2, 0) is 22.6 Å². The summed E-state index contributed by atoms with van der Waals surface area (Å²) in [6.07, 6.45) is 1.87. The lowest BCUT2D eigenvalue weighted by molar-refractivity contribution is 0.0594. The van der Waals surface area contributed by atoms with Crippen molar-refractivity contribution in [3.05, 3.63) is 60.0 Å². The third kappa shape index (κ3) is 4.26. The van der Waals surface area contributed by atoms with E-state index in [1.54, 1.807) is 0 Å². The molecule has 3 aromatic rings. The van der Waals surface area contributed by atoms with Crippen LogP contribution in [0.2, 0.25) is 0 Å². The van der Waals surface area contributed by atoms with Gasteiger partial charge >= 0.3 is 12.1 Å². The predicted molar refractivity (Wildman–Crippen MR) is 86.8 cm³/mol. The number of oxazole rings is 2. The van der Waals surface area contributed by atoms with E-state index in [4.69, 9.17) is 13.6 Å². The van der Waals surface area contributed by atoms with Crippen molar-refractivity contribution >= 4 is 12.1 Å². The van der Waals surface area contributed by atoms with Gasteiger partial charge in [-0.1, -0.05) is 30.3 Å². The summed E-state index contributed by atoms with van der Waals surface area (Å²) in [5.41, 5.74) is 1.19. The summed E-state index contributed by atoms with van der Waals surface area (Å²) in [5.74, 6) is -0.284. The summed E-state index contributed by atoms with van der Waals surface area (Å²) in [4.78, 5) is 31.1. The molecule has 9 nitrogen and oxygen atoms in total. The van der Waals surface area contributed by atoms with Crippen molar-refractivity contribution in [3.8, 4) is 11.6 Å². The van der Waals surface area contributed by atoms with Gasteiger partial charge in [-0.15, -0.1) is 0 Å². The van der Waals surface area contributed by atoms with Gasteiger partial charge in [0.15, 0.2) is 11.4 Å². The topological polar surface area (TPSA) is 117 Å². The lowest BCUT2D eigenvalue weighted by Crippen LogP contribution is -2.23. The average Bonchev–Trinajstić information content (AvgIpc) is 3.34. The number of carbonyl (C=O) groups excluding carboxylic acids is 2. The molecule has 0 unspecified atom stereocenters. The normalized spacial score (nSPS) is 10.3. The Kier molecular flexibility index (Phi) is 5.28. The lowest BCUT2D eigenvalue weighted by atomic mass is 10.2. The van der Waals surface area contributed by atoms with E-state index < -0.39 is 12.1 Å². The molecule has 0 atom stereocenters. The molecule has 134 valence electrons. The molecule has 0 aliphatic heterocycles. The predicted octanol–water partition coefficient (Wildman–Crippen LogP) is 2.54. The number of nitrogens with zero attached hydrogens (tertiary/aromatic N) is 2. The van der Waals surface area contributed by atoms with Crippen LogP contribution in [0.4, 0.5) is 4.79 Å². The Morgan fingerprint density at radius 3 is 2.69 bits per heavy atom. The second-order valence-electron chi connectivity index (χ2n) is 5.07. The van der Waals surface area contributed by atoms with Crippen LogP contribution in [0.3, 0.4) is 0 Å². The van der Waals surface area contributed by atoms with Gasteiger partial charge in [0.25, 0.3) is 0 Å². The molecule has 1 amide bonds. The highest BCUT2D eigenvalue weighted by molar-refractivity contribution is 5.87. The Balaban J connectivity index is 1.51. The Bertz CT molecular complexity index is 887. The first-order valence-electron chi connectivity index (χ1n) is 7.59. The van der Waals surface area contributed by atoms with Crippen molar-refractivity contribution < 1.29 is 27.9 Å². The molecule has 0 saturated carbocycles. The number of carbonyl (C=O) groups is 2. The summed E-state index contributed by atoms with van der Waals surface area (Å²) in [5, 5.41) is 2.52. The van der Waals surface area contributed by atoms with Gasteiger partial charge in [0.2, 0.25) is 11.8 Å². The van der Waals surface area contributed by atoms with Crippen molar-refractivity contribution in [2.75, 3.05) is 7.11 Å². The van der Waals surface area contributed by atoms with Gasteiger partial charge in [0.1, 0.15) is 19.1 Å². The van der Waals surface area contributed by atoms with E-state index in [-0.39, 0.29) is 36.3 Å². The van der Waals surface area contributed by atoms with Gasteiger partial charge in [-0.3, -0.25) is 0 Å². The summed E-state index contributed by atoms with van der Waals surface area (Å²) >= 11 is 0. The van der Waals surface area contributed by atoms with Gasteiger partial charge < -0.3 is 23.6 Å². The Morgan fingerprint density at radius 2 is 1.92 bits per heavy atom. The van der Waals surface area contributed by atoms with E-state index >= 15 is 0 Å². The number of alkyl carbamates (subject to hydrolysis) is 1. The fraction of sp³-hybridized carbons (Fsp3) is 0.176. The first-order valence-corrected chi connectivity index (χ1v) is 7.59. The van der Waals surface area contributed by atoms with Crippen LogP contribution in [0, 0.1) is 0 Å².